The summed E-state index contributed by atoms with van der Waals surface area (Å²) in [5.41, 5.74) is 1.14. The van der Waals surface area contributed by atoms with Crippen LogP contribution in [-0.4, -0.2) is 51.9 Å². The fourth-order valence-corrected chi connectivity index (χ4v) is 2.09. The standard InChI is InChI=1S/C15H24N2O3/c1-4-17(2)6-5-16-11-12-9-13(18-3)15-14(10-12)19-7-8-20-15/h9-10,16H,4-8,11H2,1-3H3. The first kappa shape index (κ1) is 14.9. The lowest BCUT2D eigenvalue weighted by atomic mass is 10.1. The Bertz CT molecular complexity index is 420. The third kappa shape index (κ3) is 3.77. The molecular formula is C15H24N2O3. The normalized spacial score (nSPS) is 13.6. The molecule has 1 aliphatic rings. The molecule has 0 aliphatic carbocycles. The molecule has 5 heteroatoms. The van der Waals surface area contributed by atoms with Gasteiger partial charge in [0, 0.05) is 19.6 Å². The fourth-order valence-electron chi connectivity index (χ4n) is 2.09. The minimum Gasteiger partial charge on any atom is -0.493 e. The van der Waals surface area contributed by atoms with E-state index in [2.05, 4.69) is 24.2 Å². The number of hydrogen-bond donors (Lipinski definition) is 1. The second kappa shape index (κ2) is 7.36. The van der Waals surface area contributed by atoms with E-state index < -0.39 is 0 Å². The van der Waals surface area contributed by atoms with Crippen molar-refractivity contribution in [3.05, 3.63) is 17.7 Å². The Morgan fingerprint density at radius 1 is 1.30 bits per heavy atom. The van der Waals surface area contributed by atoms with Crippen molar-refractivity contribution in [3.63, 3.8) is 0 Å². The van der Waals surface area contributed by atoms with E-state index in [1.807, 2.05) is 12.1 Å². The van der Waals surface area contributed by atoms with Gasteiger partial charge in [-0.2, -0.15) is 0 Å². The van der Waals surface area contributed by atoms with E-state index in [4.69, 9.17) is 14.2 Å². The van der Waals surface area contributed by atoms with Crippen LogP contribution in [0.2, 0.25) is 0 Å². The molecule has 0 saturated carbocycles. The summed E-state index contributed by atoms with van der Waals surface area (Å²) in [5.74, 6) is 2.23. The summed E-state index contributed by atoms with van der Waals surface area (Å²) in [6.45, 7) is 7.19. The van der Waals surface area contributed by atoms with Crippen molar-refractivity contribution in [2.75, 3.05) is 47.0 Å². The van der Waals surface area contributed by atoms with Crippen molar-refractivity contribution in [2.24, 2.45) is 0 Å². The van der Waals surface area contributed by atoms with Crippen LogP contribution in [0.5, 0.6) is 17.2 Å². The van der Waals surface area contributed by atoms with Gasteiger partial charge in [0.2, 0.25) is 5.75 Å². The molecule has 112 valence electrons. The molecule has 1 aliphatic heterocycles. The Balaban J connectivity index is 1.94. The topological polar surface area (TPSA) is 43.0 Å². The summed E-state index contributed by atoms with van der Waals surface area (Å²) in [5, 5.41) is 3.43. The third-order valence-corrected chi connectivity index (χ3v) is 3.43. The van der Waals surface area contributed by atoms with Crippen LogP contribution >= 0.6 is 0 Å². The number of likely N-dealkylation sites (N-methyl/N-ethyl adjacent to an activating group) is 1. The summed E-state index contributed by atoms with van der Waals surface area (Å²) in [6, 6.07) is 4.03. The van der Waals surface area contributed by atoms with Crippen molar-refractivity contribution in [1.82, 2.24) is 10.2 Å². The molecule has 0 fully saturated rings. The molecule has 20 heavy (non-hydrogen) atoms. The van der Waals surface area contributed by atoms with Crippen LogP contribution in [-0.2, 0) is 6.54 Å². The predicted octanol–water partition coefficient (Wildman–Crippen LogP) is 1.51. The zero-order valence-corrected chi connectivity index (χ0v) is 12.6. The Morgan fingerprint density at radius 2 is 2.10 bits per heavy atom. The highest BCUT2D eigenvalue weighted by Gasteiger charge is 2.18. The SMILES string of the molecule is CCN(C)CCNCc1cc(OC)c2c(c1)OCCO2. The number of rotatable bonds is 7. The van der Waals surface area contributed by atoms with Crippen molar-refractivity contribution < 1.29 is 14.2 Å². The molecule has 0 aromatic heterocycles. The van der Waals surface area contributed by atoms with Gasteiger partial charge in [-0.3, -0.25) is 0 Å². The molecule has 1 aromatic rings. The lowest BCUT2D eigenvalue weighted by Crippen LogP contribution is -2.28. The molecule has 0 bridgehead atoms. The monoisotopic (exact) mass is 280 g/mol. The first-order chi connectivity index (χ1) is 9.74. The van der Waals surface area contributed by atoms with E-state index in [1.165, 1.54) is 0 Å². The van der Waals surface area contributed by atoms with Crippen LogP contribution in [0.25, 0.3) is 0 Å². The van der Waals surface area contributed by atoms with Gasteiger partial charge in [0.05, 0.1) is 7.11 Å². The number of ether oxygens (including phenoxy) is 3. The number of methoxy groups -OCH3 is 1. The van der Waals surface area contributed by atoms with E-state index in [9.17, 15) is 0 Å². The number of nitrogens with zero attached hydrogens (tertiary/aromatic N) is 1. The lowest BCUT2D eigenvalue weighted by Gasteiger charge is -2.21. The van der Waals surface area contributed by atoms with Crippen LogP contribution in [0.15, 0.2) is 12.1 Å². The zero-order valence-electron chi connectivity index (χ0n) is 12.6. The lowest BCUT2D eigenvalue weighted by molar-refractivity contribution is 0.165. The van der Waals surface area contributed by atoms with E-state index in [0.717, 1.165) is 43.2 Å². The highest BCUT2D eigenvalue weighted by Crippen LogP contribution is 2.40. The van der Waals surface area contributed by atoms with Gasteiger partial charge in [-0.25, -0.2) is 0 Å². The van der Waals surface area contributed by atoms with Crippen LogP contribution < -0.4 is 19.5 Å². The number of benzene rings is 1. The van der Waals surface area contributed by atoms with Crippen LogP contribution in [0, 0.1) is 0 Å². The van der Waals surface area contributed by atoms with Gasteiger partial charge in [0.15, 0.2) is 11.5 Å². The van der Waals surface area contributed by atoms with Crippen LogP contribution in [0.4, 0.5) is 0 Å². The molecule has 1 aromatic carbocycles. The molecule has 0 atom stereocenters. The van der Waals surface area contributed by atoms with Crippen molar-refractivity contribution in [1.29, 1.82) is 0 Å². The van der Waals surface area contributed by atoms with E-state index in [-0.39, 0.29) is 0 Å². The summed E-state index contributed by atoms with van der Waals surface area (Å²) < 4.78 is 16.6. The predicted molar refractivity (Wildman–Crippen MR) is 78.9 cm³/mol. The Hall–Kier alpha value is -1.46. The molecule has 1 heterocycles. The zero-order chi connectivity index (χ0) is 14.4. The Labute approximate surface area is 120 Å². The summed E-state index contributed by atoms with van der Waals surface area (Å²) in [7, 11) is 3.77. The first-order valence-corrected chi connectivity index (χ1v) is 7.10. The van der Waals surface area contributed by atoms with Gasteiger partial charge in [0.1, 0.15) is 13.2 Å². The number of nitrogens with one attached hydrogen (secondary N) is 1. The molecule has 0 unspecified atom stereocenters. The summed E-state index contributed by atoms with van der Waals surface area (Å²) in [6.07, 6.45) is 0. The average molecular weight is 280 g/mol. The molecule has 0 radical (unpaired) electrons. The minimum atomic E-state index is 0.574. The minimum absolute atomic E-state index is 0.574. The Morgan fingerprint density at radius 3 is 2.85 bits per heavy atom. The maximum atomic E-state index is 5.63. The molecule has 0 saturated heterocycles. The smallest absolute Gasteiger partial charge is 0.203 e. The van der Waals surface area contributed by atoms with E-state index in [0.29, 0.717) is 19.0 Å². The van der Waals surface area contributed by atoms with Crippen LogP contribution in [0.1, 0.15) is 12.5 Å². The quantitative estimate of drug-likeness (QED) is 0.767. The van der Waals surface area contributed by atoms with Gasteiger partial charge in [0.25, 0.3) is 0 Å². The molecule has 5 nitrogen and oxygen atoms in total. The number of fused-ring (bicyclic) bond motifs is 1. The van der Waals surface area contributed by atoms with Gasteiger partial charge < -0.3 is 24.4 Å². The average Bonchev–Trinajstić information content (AvgIpc) is 2.50. The molecular weight excluding hydrogens is 256 g/mol. The second-order valence-corrected chi connectivity index (χ2v) is 4.89. The van der Waals surface area contributed by atoms with Crippen LogP contribution in [0.3, 0.4) is 0 Å². The van der Waals surface area contributed by atoms with Crippen molar-refractivity contribution >= 4 is 0 Å². The maximum Gasteiger partial charge on any atom is 0.203 e. The number of hydrogen-bond acceptors (Lipinski definition) is 5. The van der Waals surface area contributed by atoms with Gasteiger partial charge in [-0.15, -0.1) is 0 Å². The van der Waals surface area contributed by atoms with Crippen molar-refractivity contribution in [3.8, 4) is 17.2 Å². The summed E-state index contributed by atoms with van der Waals surface area (Å²) >= 11 is 0. The molecule has 0 amide bonds. The van der Waals surface area contributed by atoms with Crippen molar-refractivity contribution in [2.45, 2.75) is 13.5 Å². The van der Waals surface area contributed by atoms with E-state index in [1.54, 1.807) is 7.11 Å². The summed E-state index contributed by atoms with van der Waals surface area (Å²) in [4.78, 5) is 2.28. The molecule has 0 spiro atoms. The maximum absolute atomic E-state index is 5.63. The van der Waals surface area contributed by atoms with Gasteiger partial charge >= 0.3 is 0 Å². The van der Waals surface area contributed by atoms with E-state index >= 15 is 0 Å². The first-order valence-electron chi connectivity index (χ1n) is 7.10. The second-order valence-electron chi connectivity index (χ2n) is 4.89. The molecule has 2 rings (SSSR count). The third-order valence-electron chi connectivity index (χ3n) is 3.43. The van der Waals surface area contributed by atoms with Gasteiger partial charge in [-0.1, -0.05) is 6.92 Å². The highest BCUT2D eigenvalue weighted by molar-refractivity contribution is 5.54. The fraction of sp³-hybridized carbons (Fsp3) is 0.600. The highest BCUT2D eigenvalue weighted by atomic mass is 16.6. The largest absolute Gasteiger partial charge is 0.493 e. The molecule has 1 N–H and O–H groups in total. The van der Waals surface area contributed by atoms with Gasteiger partial charge in [-0.05, 0) is 31.3 Å². The Kier molecular flexibility index (Phi) is 5.49.